The van der Waals surface area contributed by atoms with Gasteiger partial charge in [-0.2, -0.15) is 0 Å². The number of para-hydroxylation sites is 2. The number of anilines is 1. The lowest BCUT2D eigenvalue weighted by atomic mass is 10.2. The monoisotopic (exact) mass is 467 g/mol. The Morgan fingerprint density at radius 3 is 2.70 bits per heavy atom. The Bertz CT molecular complexity index is 1090. The van der Waals surface area contributed by atoms with Gasteiger partial charge >= 0.3 is 6.09 Å². The molecule has 33 heavy (non-hydrogen) atoms. The van der Waals surface area contributed by atoms with Crippen LogP contribution >= 0.6 is 11.9 Å². The van der Waals surface area contributed by atoms with E-state index in [1.165, 1.54) is 23.0 Å². The van der Waals surface area contributed by atoms with Gasteiger partial charge in [-0.3, -0.25) is 9.62 Å². The van der Waals surface area contributed by atoms with Crippen LogP contribution < -0.4 is 9.62 Å². The molecule has 1 fully saturated rings. The maximum absolute atomic E-state index is 12.0. The van der Waals surface area contributed by atoms with Crippen LogP contribution in [0.15, 0.2) is 47.4 Å². The Kier molecular flexibility index (Phi) is 7.77. The van der Waals surface area contributed by atoms with E-state index in [1.54, 1.807) is 0 Å². The largest absolute Gasteiger partial charge is 0.449 e. The van der Waals surface area contributed by atoms with E-state index in [9.17, 15) is 4.79 Å². The Labute approximate surface area is 200 Å². The van der Waals surface area contributed by atoms with Crippen LogP contribution in [0.5, 0.6) is 0 Å². The Morgan fingerprint density at radius 1 is 1.15 bits per heavy atom. The van der Waals surface area contributed by atoms with Gasteiger partial charge in [0, 0.05) is 33.2 Å². The smallest absolute Gasteiger partial charge is 0.417 e. The zero-order chi connectivity index (χ0) is 23.2. The van der Waals surface area contributed by atoms with Crippen molar-refractivity contribution >= 4 is 34.8 Å². The summed E-state index contributed by atoms with van der Waals surface area (Å²) in [5.74, 6) is 1.10. The molecule has 0 saturated carbocycles. The summed E-state index contributed by atoms with van der Waals surface area (Å²) in [6, 6.07) is 14.6. The number of hydrogen-bond acceptors (Lipinski definition) is 6. The number of carbonyl (C=O) groups is 1. The second-order valence-electron chi connectivity index (χ2n) is 8.50. The fraction of sp³-hybridized carbons (Fsp3) is 0.440. The van der Waals surface area contributed by atoms with Crippen LogP contribution in [-0.4, -0.2) is 53.3 Å². The van der Waals surface area contributed by atoms with Gasteiger partial charge in [0.25, 0.3) is 0 Å². The molecule has 4 rings (SSSR count). The molecule has 0 radical (unpaired) electrons. The maximum Gasteiger partial charge on any atom is 0.417 e. The molecule has 176 valence electrons. The second-order valence-corrected chi connectivity index (χ2v) is 9.35. The van der Waals surface area contributed by atoms with Crippen LogP contribution in [-0.2, 0) is 18.3 Å². The van der Waals surface area contributed by atoms with Crippen molar-refractivity contribution < 1.29 is 9.53 Å². The standard InChI is InChI=1S/C25H33N5O2S/c1-4-5-16-32-25(31)27-33-23-11-10-19(2)17-22(23)30-14-12-29(13-15-30)18-24-26-20-8-6-7-9-21(20)28(24)3/h6-11,17H,4-5,12-16,18H2,1-3H3,(H,27,31). The Hall–Kier alpha value is -2.71. The first-order chi connectivity index (χ1) is 16.0. The quantitative estimate of drug-likeness (QED) is 0.381. The van der Waals surface area contributed by atoms with Gasteiger partial charge in [0.05, 0.1) is 34.8 Å². The van der Waals surface area contributed by atoms with E-state index in [2.05, 4.69) is 76.4 Å². The average molecular weight is 468 g/mol. The molecule has 7 nitrogen and oxygen atoms in total. The summed E-state index contributed by atoms with van der Waals surface area (Å²) < 4.78 is 10.2. The molecule has 8 heteroatoms. The molecule has 0 spiro atoms. The van der Waals surface area contributed by atoms with Gasteiger partial charge in [0.1, 0.15) is 5.82 Å². The molecule has 0 unspecified atom stereocenters. The van der Waals surface area contributed by atoms with Gasteiger partial charge < -0.3 is 14.2 Å². The number of piperazine rings is 1. The summed E-state index contributed by atoms with van der Waals surface area (Å²) >= 11 is 1.33. The fourth-order valence-electron chi connectivity index (χ4n) is 4.08. The lowest BCUT2D eigenvalue weighted by Crippen LogP contribution is -2.46. The molecule has 1 aromatic heterocycles. The molecule has 1 N–H and O–H groups in total. The first kappa shape index (κ1) is 23.4. The second kappa shape index (κ2) is 10.9. The molecular weight excluding hydrogens is 434 g/mol. The molecule has 2 heterocycles. The lowest BCUT2D eigenvalue weighted by Gasteiger charge is -2.36. The molecule has 3 aromatic rings. The van der Waals surface area contributed by atoms with Crippen LogP contribution in [0, 0.1) is 6.92 Å². The van der Waals surface area contributed by atoms with E-state index in [-0.39, 0.29) is 6.09 Å². The van der Waals surface area contributed by atoms with Crippen LogP contribution in [0.25, 0.3) is 11.0 Å². The highest BCUT2D eigenvalue weighted by molar-refractivity contribution is 7.98. The minimum Gasteiger partial charge on any atom is -0.449 e. The van der Waals surface area contributed by atoms with E-state index in [0.29, 0.717) is 6.61 Å². The van der Waals surface area contributed by atoms with Gasteiger partial charge in [0.2, 0.25) is 0 Å². The number of aromatic nitrogens is 2. The molecule has 1 aliphatic heterocycles. The Balaban J connectivity index is 1.36. The van der Waals surface area contributed by atoms with Crippen LogP contribution in [0.2, 0.25) is 0 Å². The van der Waals surface area contributed by atoms with Crippen LogP contribution in [0.3, 0.4) is 0 Å². The lowest BCUT2D eigenvalue weighted by molar-refractivity contribution is 0.151. The van der Waals surface area contributed by atoms with Crippen molar-refractivity contribution in [1.29, 1.82) is 0 Å². The first-order valence-corrected chi connectivity index (χ1v) is 12.4. The van der Waals surface area contributed by atoms with Crippen molar-refractivity contribution in [1.82, 2.24) is 19.2 Å². The number of benzene rings is 2. The SMILES string of the molecule is CCCCOC(=O)NSc1ccc(C)cc1N1CCN(Cc2nc3ccccc3n2C)CC1. The minimum atomic E-state index is -0.382. The number of aryl methyl sites for hydroxylation is 2. The van der Waals surface area contributed by atoms with E-state index < -0.39 is 0 Å². The first-order valence-electron chi connectivity index (χ1n) is 11.6. The number of ether oxygens (including phenoxy) is 1. The van der Waals surface area contributed by atoms with Crippen LogP contribution in [0.4, 0.5) is 10.5 Å². The summed E-state index contributed by atoms with van der Waals surface area (Å²) in [5, 5.41) is 0. The molecule has 2 aromatic carbocycles. The minimum absolute atomic E-state index is 0.382. The zero-order valence-corrected chi connectivity index (χ0v) is 20.5. The van der Waals surface area contributed by atoms with Gasteiger partial charge in [0.15, 0.2) is 0 Å². The van der Waals surface area contributed by atoms with Gasteiger partial charge in [-0.15, -0.1) is 0 Å². The van der Waals surface area contributed by atoms with Crippen molar-refractivity contribution in [2.75, 3.05) is 37.7 Å². The molecule has 1 amide bonds. The molecule has 1 aliphatic rings. The number of rotatable bonds is 8. The topological polar surface area (TPSA) is 62.6 Å². The highest BCUT2D eigenvalue weighted by Gasteiger charge is 2.21. The molecule has 0 bridgehead atoms. The summed E-state index contributed by atoms with van der Waals surface area (Å²) in [6.07, 6.45) is 1.50. The van der Waals surface area contributed by atoms with Gasteiger partial charge in [-0.1, -0.05) is 31.5 Å². The number of nitrogens with one attached hydrogen (secondary N) is 1. The van der Waals surface area contributed by atoms with E-state index in [0.717, 1.165) is 67.5 Å². The molecule has 1 saturated heterocycles. The molecule has 0 atom stereocenters. The van der Waals surface area contributed by atoms with Gasteiger partial charge in [-0.25, -0.2) is 9.78 Å². The van der Waals surface area contributed by atoms with E-state index in [4.69, 9.17) is 9.72 Å². The van der Waals surface area contributed by atoms with Crippen molar-refractivity contribution in [3.8, 4) is 0 Å². The third kappa shape index (κ3) is 5.81. The summed E-state index contributed by atoms with van der Waals surface area (Å²) in [7, 11) is 2.09. The van der Waals surface area contributed by atoms with Crippen molar-refractivity contribution in [3.05, 3.63) is 53.9 Å². The third-order valence-corrected chi connectivity index (χ3v) is 6.88. The highest BCUT2D eigenvalue weighted by atomic mass is 32.2. The predicted molar refractivity (Wildman–Crippen MR) is 135 cm³/mol. The third-order valence-electron chi connectivity index (χ3n) is 6.05. The maximum atomic E-state index is 12.0. The number of amides is 1. The predicted octanol–water partition coefficient (Wildman–Crippen LogP) is 4.74. The Morgan fingerprint density at radius 2 is 1.94 bits per heavy atom. The number of fused-ring (bicyclic) bond motifs is 1. The van der Waals surface area contributed by atoms with E-state index in [1.807, 2.05) is 6.07 Å². The summed E-state index contributed by atoms with van der Waals surface area (Å²) in [5.41, 5.74) is 4.60. The number of nitrogens with zero attached hydrogens (tertiary/aromatic N) is 4. The normalized spacial score (nSPS) is 14.6. The van der Waals surface area contributed by atoms with E-state index >= 15 is 0 Å². The summed E-state index contributed by atoms with van der Waals surface area (Å²) in [4.78, 5) is 22.7. The molecular formula is C25H33N5O2S. The fourth-order valence-corrected chi connectivity index (χ4v) is 4.76. The zero-order valence-electron chi connectivity index (χ0n) is 19.7. The number of hydrogen-bond donors (Lipinski definition) is 1. The van der Waals surface area contributed by atoms with Crippen molar-refractivity contribution in [3.63, 3.8) is 0 Å². The highest BCUT2D eigenvalue weighted by Crippen LogP contribution is 2.31. The number of imidazole rings is 1. The number of carbonyl (C=O) groups excluding carboxylic acids is 1. The molecule has 0 aliphatic carbocycles. The average Bonchev–Trinajstić information content (AvgIpc) is 3.14. The van der Waals surface area contributed by atoms with Crippen LogP contribution in [0.1, 0.15) is 31.2 Å². The number of unbranched alkanes of at least 4 members (excludes halogenated alkanes) is 1. The summed E-state index contributed by atoms with van der Waals surface area (Å²) in [6.45, 7) is 9.28. The van der Waals surface area contributed by atoms with Crippen molar-refractivity contribution in [2.24, 2.45) is 7.05 Å². The van der Waals surface area contributed by atoms with Gasteiger partial charge in [-0.05, 0) is 55.1 Å². The van der Waals surface area contributed by atoms with Crippen molar-refractivity contribution in [2.45, 2.75) is 38.1 Å².